The highest BCUT2D eigenvalue weighted by atomic mass is 35.5. The third-order valence-corrected chi connectivity index (χ3v) is 6.05. The maximum atomic E-state index is 12.9. The van der Waals surface area contributed by atoms with Gasteiger partial charge in [0.05, 0.1) is 25.2 Å². The van der Waals surface area contributed by atoms with Crippen molar-refractivity contribution in [1.82, 2.24) is 15.5 Å². The van der Waals surface area contributed by atoms with Crippen molar-refractivity contribution in [3.05, 3.63) is 76.0 Å². The maximum absolute atomic E-state index is 12.9. The van der Waals surface area contributed by atoms with Crippen LogP contribution in [0.4, 0.5) is 18.0 Å². The lowest BCUT2D eigenvalue weighted by atomic mass is 10.0. The van der Waals surface area contributed by atoms with E-state index in [1.54, 1.807) is 6.07 Å². The van der Waals surface area contributed by atoms with Gasteiger partial charge in [0.2, 0.25) is 0 Å². The molecule has 3 rings (SSSR count). The molecule has 218 valence electrons. The molecule has 2 amide bonds. The van der Waals surface area contributed by atoms with Gasteiger partial charge >= 0.3 is 12.2 Å². The van der Waals surface area contributed by atoms with Crippen LogP contribution >= 0.6 is 11.6 Å². The molecule has 1 aliphatic rings. The molecule has 40 heavy (non-hydrogen) atoms. The van der Waals surface area contributed by atoms with Gasteiger partial charge in [-0.25, -0.2) is 4.79 Å². The minimum atomic E-state index is -4.52. The Kier molecular flexibility index (Phi) is 13.0. The van der Waals surface area contributed by atoms with Gasteiger partial charge in [0.1, 0.15) is 11.6 Å². The Morgan fingerprint density at radius 2 is 1.85 bits per heavy atom. The van der Waals surface area contributed by atoms with E-state index >= 15 is 0 Å². The number of carbonyl (C=O) groups is 1. The largest absolute Gasteiger partial charge is 0.508 e. The zero-order valence-corrected chi connectivity index (χ0v) is 23.4. The average Bonchev–Trinajstić information content (AvgIpc) is 2.91. The summed E-state index contributed by atoms with van der Waals surface area (Å²) in [6.45, 7) is 4.83. The number of hydrogen-bond donors (Lipinski definition) is 5. The lowest BCUT2D eigenvalue weighted by Crippen LogP contribution is -2.46. The van der Waals surface area contributed by atoms with E-state index in [0.717, 1.165) is 11.1 Å². The number of nitrogens with zero attached hydrogens (tertiary/aromatic N) is 2. The maximum Gasteiger partial charge on any atom is 0.390 e. The number of alkyl halides is 3. The van der Waals surface area contributed by atoms with E-state index in [4.69, 9.17) is 22.7 Å². The Hall–Kier alpha value is -3.57. The zero-order chi connectivity index (χ0) is 29.7. The normalized spacial score (nSPS) is 15.6. The number of nitrogens with two attached hydrogens (primary N) is 1. The van der Waals surface area contributed by atoms with E-state index in [9.17, 15) is 23.1 Å². The number of phenols is 1. The summed E-state index contributed by atoms with van der Waals surface area (Å²) >= 11 is 6.21. The molecule has 1 aliphatic heterocycles. The molecule has 0 radical (unpaired) electrons. The van der Waals surface area contributed by atoms with Crippen LogP contribution in [0.5, 0.6) is 5.75 Å². The summed E-state index contributed by atoms with van der Waals surface area (Å²) < 4.78 is 38.7. The van der Waals surface area contributed by atoms with E-state index in [1.807, 2.05) is 18.2 Å². The average molecular weight is 581 g/mol. The highest BCUT2D eigenvalue weighted by Gasteiger charge is 2.31. The number of carbonyl (C=O) groups excluding carboxylic acids is 1. The van der Waals surface area contributed by atoms with Crippen molar-refractivity contribution in [3.63, 3.8) is 0 Å². The Labute approximate surface area is 237 Å². The molecule has 0 aromatic heterocycles. The highest BCUT2D eigenvalue weighted by Crippen LogP contribution is 2.21. The minimum Gasteiger partial charge on any atom is -0.508 e. The topological polar surface area (TPSA) is 127 Å². The van der Waals surface area contributed by atoms with Gasteiger partial charge in [0.25, 0.3) is 0 Å². The van der Waals surface area contributed by atoms with Crippen LogP contribution < -0.4 is 16.4 Å². The molecule has 0 unspecified atom stereocenters. The van der Waals surface area contributed by atoms with Crippen LogP contribution in [-0.4, -0.2) is 59.9 Å². The lowest BCUT2D eigenvalue weighted by Gasteiger charge is -2.25. The summed E-state index contributed by atoms with van der Waals surface area (Å²) in [6, 6.07) is 11.7. The number of halogens is 4. The molecule has 1 saturated heterocycles. The van der Waals surface area contributed by atoms with Crippen LogP contribution in [0.25, 0.3) is 0 Å². The second-order valence-electron chi connectivity index (χ2n) is 9.06. The molecule has 0 spiro atoms. The number of hydrogen-bond acceptors (Lipinski definition) is 6. The van der Waals surface area contributed by atoms with Crippen LogP contribution in [0.2, 0.25) is 5.02 Å². The van der Waals surface area contributed by atoms with E-state index in [0.29, 0.717) is 47.4 Å². The molecule has 0 bridgehead atoms. The first-order valence-corrected chi connectivity index (χ1v) is 13.3. The molecular formula is C28H36ClF3N6O2. The van der Waals surface area contributed by atoms with Crippen LogP contribution in [0.1, 0.15) is 44.2 Å². The number of piperidine rings is 1. The molecule has 12 heteroatoms. The van der Waals surface area contributed by atoms with E-state index < -0.39 is 31.0 Å². The van der Waals surface area contributed by atoms with Gasteiger partial charge in [-0.3, -0.25) is 15.3 Å². The van der Waals surface area contributed by atoms with Crippen molar-refractivity contribution < 1.29 is 23.1 Å². The summed E-state index contributed by atoms with van der Waals surface area (Å²) in [6.07, 6.45) is -4.00. The predicted octanol–water partition coefficient (Wildman–Crippen LogP) is 5.60. The third kappa shape index (κ3) is 10.5. The third-order valence-electron chi connectivity index (χ3n) is 5.68. The van der Waals surface area contributed by atoms with Crippen molar-refractivity contribution >= 4 is 29.2 Å². The Bertz CT molecular complexity index is 1200. The molecule has 0 atom stereocenters. The summed E-state index contributed by atoms with van der Waals surface area (Å²) in [7, 11) is 0. The van der Waals surface area contributed by atoms with E-state index in [1.165, 1.54) is 30.7 Å². The summed E-state index contributed by atoms with van der Waals surface area (Å²) in [5.41, 5.74) is 9.10. The molecule has 2 aromatic rings. The lowest BCUT2D eigenvalue weighted by molar-refractivity contribution is -0.135. The second-order valence-corrected chi connectivity index (χ2v) is 9.47. The van der Waals surface area contributed by atoms with E-state index in [2.05, 4.69) is 29.5 Å². The number of nitrogens with one attached hydrogen (secondary N) is 3. The van der Waals surface area contributed by atoms with Crippen molar-refractivity contribution in [1.29, 1.82) is 5.41 Å². The first-order chi connectivity index (χ1) is 19.0. The van der Waals surface area contributed by atoms with Gasteiger partial charge in [-0.05, 0) is 54.4 Å². The Morgan fingerprint density at radius 3 is 2.48 bits per heavy atom. The minimum absolute atomic E-state index is 0.0729. The first-order valence-electron chi connectivity index (χ1n) is 12.9. The van der Waals surface area contributed by atoms with Crippen molar-refractivity contribution in [2.45, 2.75) is 45.8 Å². The quantitative estimate of drug-likeness (QED) is 0.216. The number of urea groups is 1. The Balaban J connectivity index is 0.00000178. The number of amides is 2. The molecule has 1 heterocycles. The van der Waals surface area contributed by atoms with Gasteiger partial charge < -0.3 is 21.5 Å². The van der Waals surface area contributed by atoms with Gasteiger partial charge in [0, 0.05) is 29.4 Å². The van der Waals surface area contributed by atoms with Gasteiger partial charge in [0.15, 0.2) is 0 Å². The molecule has 6 N–H and O–H groups in total. The van der Waals surface area contributed by atoms with Crippen LogP contribution in [0.15, 0.2) is 64.8 Å². The van der Waals surface area contributed by atoms with Crippen LogP contribution in [0.3, 0.4) is 0 Å². The number of amidine groups is 1. The van der Waals surface area contributed by atoms with Crippen LogP contribution in [0, 0.1) is 5.41 Å². The Morgan fingerprint density at radius 1 is 1.20 bits per heavy atom. The molecular weight excluding hydrogens is 545 g/mol. The number of benzene rings is 2. The number of phenolic OH excluding ortho intramolecular Hbond substituents is 1. The van der Waals surface area contributed by atoms with E-state index in [-0.39, 0.29) is 17.9 Å². The van der Waals surface area contributed by atoms with Gasteiger partial charge in [-0.1, -0.05) is 50.1 Å². The smallest absolute Gasteiger partial charge is 0.390 e. The number of aliphatic imine (C=N–C) groups is 1. The second kappa shape index (κ2) is 15.9. The van der Waals surface area contributed by atoms with Gasteiger partial charge in [-0.2, -0.15) is 13.2 Å². The first kappa shape index (κ1) is 32.6. The molecule has 0 aliphatic carbocycles. The summed E-state index contributed by atoms with van der Waals surface area (Å²) in [5, 5.41) is 24.1. The monoisotopic (exact) mass is 580 g/mol. The van der Waals surface area contributed by atoms with Gasteiger partial charge in [-0.15, -0.1) is 0 Å². The fraction of sp³-hybridized carbons (Fsp3) is 0.393. The number of aromatic hydroxyl groups is 1. The molecule has 0 saturated carbocycles. The standard InChI is InChI=1S/C25H28ClF3N6O2.C3H8/c26-20-4-2-1-3-17(20)13-33-22-15-32-11-9-19(22)21(30)14-34-24(37)35(12-10-25(27,28)29)23(31)16-5-7-18(36)8-6-16;1-3-2/h1-8,31-32,36H,9-15,30H2,(H,34,37);3H2,1-2H3/b21-19-,31-23?,33-22?;. The van der Waals surface area contributed by atoms with Crippen molar-refractivity contribution in [2.75, 3.05) is 26.2 Å². The summed E-state index contributed by atoms with van der Waals surface area (Å²) in [4.78, 5) is 18.2. The zero-order valence-electron chi connectivity index (χ0n) is 22.6. The fourth-order valence-corrected chi connectivity index (χ4v) is 3.87. The molecule has 8 nitrogen and oxygen atoms in total. The SMILES string of the molecule is CCC.N=C(c1ccc(O)cc1)N(CCC(F)(F)F)C(=O)NC/C(N)=C1\CCNCC1=NCc1ccccc1Cl. The fourth-order valence-electron chi connectivity index (χ4n) is 3.68. The van der Waals surface area contributed by atoms with Crippen molar-refractivity contribution in [2.24, 2.45) is 10.7 Å². The molecule has 2 aromatic carbocycles. The highest BCUT2D eigenvalue weighted by molar-refractivity contribution is 6.31. The number of rotatable bonds is 7. The van der Waals surface area contributed by atoms with Crippen LogP contribution in [-0.2, 0) is 6.54 Å². The van der Waals surface area contributed by atoms with Crippen molar-refractivity contribution in [3.8, 4) is 5.75 Å². The predicted molar refractivity (Wildman–Crippen MR) is 153 cm³/mol. The summed E-state index contributed by atoms with van der Waals surface area (Å²) in [5.74, 6) is -0.506. The molecule has 1 fully saturated rings.